The van der Waals surface area contributed by atoms with E-state index in [9.17, 15) is 4.79 Å². The Morgan fingerprint density at radius 1 is 1.31 bits per heavy atom. The Kier molecular flexibility index (Phi) is 2.26. The van der Waals surface area contributed by atoms with Crippen molar-refractivity contribution in [3.05, 3.63) is 35.4 Å². The summed E-state index contributed by atoms with van der Waals surface area (Å²) in [6.07, 6.45) is 0. The van der Waals surface area contributed by atoms with Crippen LogP contribution in [0.25, 0.3) is 5.57 Å². The van der Waals surface area contributed by atoms with Gasteiger partial charge in [0.1, 0.15) is 11.4 Å². The van der Waals surface area contributed by atoms with E-state index in [1.54, 1.807) is 0 Å². The van der Waals surface area contributed by atoms with Crippen molar-refractivity contribution in [2.45, 2.75) is 26.4 Å². The fourth-order valence-corrected chi connectivity index (χ4v) is 1.93. The van der Waals surface area contributed by atoms with Crippen LogP contribution in [0, 0.1) is 0 Å². The number of fused-ring (bicyclic) bond motifs is 1. The molecule has 0 radical (unpaired) electrons. The summed E-state index contributed by atoms with van der Waals surface area (Å²) in [6.45, 7) is 5.75. The molecule has 3 heteroatoms. The SMILES string of the molecule is CC1=C(C(N)=O)c2ccccc2OC1(C)C. The van der Waals surface area contributed by atoms with Crippen LogP contribution in [-0.4, -0.2) is 11.5 Å². The normalized spacial score (nSPS) is 17.7. The third-order valence-electron chi connectivity index (χ3n) is 3.05. The number of ether oxygens (including phenoxy) is 1. The van der Waals surface area contributed by atoms with Crippen molar-refractivity contribution in [3.63, 3.8) is 0 Å². The molecule has 2 rings (SSSR count). The van der Waals surface area contributed by atoms with Gasteiger partial charge in [-0.3, -0.25) is 4.79 Å². The van der Waals surface area contributed by atoms with Crippen molar-refractivity contribution < 1.29 is 9.53 Å². The Labute approximate surface area is 94.9 Å². The first-order chi connectivity index (χ1) is 7.43. The Morgan fingerprint density at radius 3 is 2.56 bits per heavy atom. The standard InChI is InChI=1S/C13H15NO2/c1-8-11(12(14)15)9-6-4-5-7-10(9)16-13(8,2)3/h4-7H,1-3H3,(H2,14,15). The molecule has 16 heavy (non-hydrogen) atoms. The van der Waals surface area contributed by atoms with Gasteiger partial charge in [-0.2, -0.15) is 0 Å². The quantitative estimate of drug-likeness (QED) is 0.783. The highest BCUT2D eigenvalue weighted by atomic mass is 16.5. The zero-order chi connectivity index (χ0) is 11.9. The van der Waals surface area contributed by atoms with Gasteiger partial charge in [-0.25, -0.2) is 0 Å². The van der Waals surface area contributed by atoms with Crippen molar-refractivity contribution in [2.75, 3.05) is 0 Å². The summed E-state index contributed by atoms with van der Waals surface area (Å²) in [5, 5.41) is 0. The molecule has 1 aliphatic rings. The highest BCUT2D eigenvalue weighted by Gasteiger charge is 2.33. The lowest BCUT2D eigenvalue weighted by Crippen LogP contribution is -2.36. The minimum Gasteiger partial charge on any atom is -0.483 e. The van der Waals surface area contributed by atoms with Crippen LogP contribution in [0.2, 0.25) is 0 Å². The summed E-state index contributed by atoms with van der Waals surface area (Å²) in [5.41, 5.74) is 7.19. The summed E-state index contributed by atoms with van der Waals surface area (Å²) in [6, 6.07) is 7.46. The van der Waals surface area contributed by atoms with Gasteiger partial charge >= 0.3 is 0 Å². The van der Waals surface area contributed by atoms with Gasteiger partial charge in [0.2, 0.25) is 5.91 Å². The fraction of sp³-hybridized carbons (Fsp3) is 0.308. The molecule has 0 aliphatic carbocycles. The molecule has 0 bridgehead atoms. The van der Waals surface area contributed by atoms with Gasteiger partial charge in [0.15, 0.2) is 0 Å². The molecule has 0 spiro atoms. The van der Waals surface area contributed by atoms with E-state index >= 15 is 0 Å². The molecule has 0 aromatic heterocycles. The number of benzene rings is 1. The molecule has 0 fully saturated rings. The molecule has 1 aromatic rings. The predicted molar refractivity (Wildman–Crippen MR) is 62.9 cm³/mol. The highest BCUT2D eigenvalue weighted by Crippen LogP contribution is 2.40. The summed E-state index contributed by atoms with van der Waals surface area (Å²) in [4.78, 5) is 11.5. The number of hydrogen-bond acceptors (Lipinski definition) is 2. The van der Waals surface area contributed by atoms with Crippen LogP contribution in [0.5, 0.6) is 5.75 Å². The van der Waals surface area contributed by atoms with Crippen molar-refractivity contribution in [3.8, 4) is 5.75 Å². The molecule has 1 aliphatic heterocycles. The zero-order valence-electron chi connectivity index (χ0n) is 9.70. The van der Waals surface area contributed by atoms with Crippen LogP contribution < -0.4 is 10.5 Å². The maximum absolute atomic E-state index is 11.5. The number of nitrogens with two attached hydrogens (primary N) is 1. The number of amides is 1. The first-order valence-electron chi connectivity index (χ1n) is 5.23. The molecule has 2 N–H and O–H groups in total. The lowest BCUT2D eigenvalue weighted by atomic mass is 9.87. The predicted octanol–water partition coefficient (Wildman–Crippen LogP) is 2.12. The molecule has 0 unspecified atom stereocenters. The molecular formula is C13H15NO2. The van der Waals surface area contributed by atoms with Gasteiger partial charge < -0.3 is 10.5 Å². The number of rotatable bonds is 1. The first-order valence-corrected chi connectivity index (χ1v) is 5.23. The Morgan fingerprint density at radius 2 is 1.94 bits per heavy atom. The monoisotopic (exact) mass is 217 g/mol. The molecule has 0 atom stereocenters. The number of carbonyl (C=O) groups is 1. The first kappa shape index (κ1) is 10.7. The maximum atomic E-state index is 11.5. The van der Waals surface area contributed by atoms with Crippen LogP contribution in [0.15, 0.2) is 29.8 Å². The second kappa shape index (κ2) is 3.37. The maximum Gasteiger partial charge on any atom is 0.249 e. The van der Waals surface area contributed by atoms with Crippen molar-refractivity contribution in [2.24, 2.45) is 5.73 Å². The van der Waals surface area contributed by atoms with Crippen molar-refractivity contribution in [1.29, 1.82) is 0 Å². The molecule has 1 amide bonds. The number of primary amides is 1. The van der Waals surface area contributed by atoms with Gasteiger partial charge in [0.05, 0.1) is 5.57 Å². The van der Waals surface area contributed by atoms with E-state index < -0.39 is 11.5 Å². The van der Waals surface area contributed by atoms with Crippen LogP contribution in [-0.2, 0) is 4.79 Å². The largest absolute Gasteiger partial charge is 0.483 e. The van der Waals surface area contributed by atoms with E-state index in [-0.39, 0.29) is 0 Å². The number of hydrogen-bond donors (Lipinski definition) is 1. The van der Waals surface area contributed by atoms with E-state index in [1.165, 1.54) is 0 Å². The topological polar surface area (TPSA) is 52.3 Å². The van der Waals surface area contributed by atoms with Gasteiger partial charge in [-0.05, 0) is 32.4 Å². The van der Waals surface area contributed by atoms with Gasteiger partial charge in [-0.1, -0.05) is 18.2 Å². The lowest BCUT2D eigenvalue weighted by molar-refractivity contribution is -0.112. The highest BCUT2D eigenvalue weighted by molar-refractivity contribution is 6.21. The molecule has 1 heterocycles. The smallest absolute Gasteiger partial charge is 0.249 e. The number of carbonyl (C=O) groups excluding carboxylic acids is 1. The molecule has 0 saturated heterocycles. The van der Waals surface area contributed by atoms with E-state index in [0.29, 0.717) is 11.3 Å². The summed E-state index contributed by atoms with van der Waals surface area (Å²) in [7, 11) is 0. The van der Waals surface area contributed by atoms with E-state index in [2.05, 4.69) is 0 Å². The second-order valence-electron chi connectivity index (χ2n) is 4.47. The summed E-state index contributed by atoms with van der Waals surface area (Å²) < 4.78 is 5.85. The van der Waals surface area contributed by atoms with Crippen LogP contribution >= 0.6 is 0 Å². The molecule has 0 saturated carbocycles. The summed E-state index contributed by atoms with van der Waals surface area (Å²) >= 11 is 0. The average Bonchev–Trinajstić information content (AvgIpc) is 2.18. The van der Waals surface area contributed by atoms with E-state index in [4.69, 9.17) is 10.5 Å². The van der Waals surface area contributed by atoms with Crippen molar-refractivity contribution >= 4 is 11.5 Å². The van der Waals surface area contributed by atoms with E-state index in [1.807, 2.05) is 45.0 Å². The Balaban J connectivity index is 2.72. The summed E-state index contributed by atoms with van der Waals surface area (Å²) in [5.74, 6) is 0.313. The van der Waals surface area contributed by atoms with Crippen LogP contribution in [0.1, 0.15) is 26.3 Å². The fourth-order valence-electron chi connectivity index (χ4n) is 1.93. The zero-order valence-corrected chi connectivity index (χ0v) is 9.70. The third-order valence-corrected chi connectivity index (χ3v) is 3.05. The number of para-hydroxylation sites is 1. The van der Waals surface area contributed by atoms with Gasteiger partial charge in [-0.15, -0.1) is 0 Å². The molecule has 84 valence electrons. The third kappa shape index (κ3) is 1.48. The van der Waals surface area contributed by atoms with E-state index in [0.717, 1.165) is 11.1 Å². The molecule has 1 aromatic carbocycles. The van der Waals surface area contributed by atoms with Crippen LogP contribution in [0.4, 0.5) is 0 Å². The molecule has 3 nitrogen and oxygen atoms in total. The van der Waals surface area contributed by atoms with Crippen molar-refractivity contribution in [1.82, 2.24) is 0 Å². The van der Waals surface area contributed by atoms with Crippen LogP contribution in [0.3, 0.4) is 0 Å². The van der Waals surface area contributed by atoms with Gasteiger partial charge in [0.25, 0.3) is 0 Å². The Hall–Kier alpha value is -1.77. The minimum absolute atomic E-state index is 0.402. The molecular weight excluding hydrogens is 202 g/mol. The average molecular weight is 217 g/mol. The lowest BCUT2D eigenvalue weighted by Gasteiger charge is -2.34. The Bertz CT molecular complexity index is 486. The van der Waals surface area contributed by atoms with Gasteiger partial charge in [0, 0.05) is 5.56 Å². The second-order valence-corrected chi connectivity index (χ2v) is 4.47. The minimum atomic E-state index is -0.487.